The number of aryl methyl sites for hydroxylation is 1. The minimum atomic E-state index is 0.565. The Morgan fingerprint density at radius 1 is 1.39 bits per heavy atom. The maximum atomic E-state index is 5.96. The van der Waals surface area contributed by atoms with E-state index in [1.54, 1.807) is 0 Å². The summed E-state index contributed by atoms with van der Waals surface area (Å²) >= 11 is 0. The molecule has 1 heterocycles. The van der Waals surface area contributed by atoms with E-state index in [4.69, 9.17) is 5.73 Å². The molecule has 1 aromatic heterocycles. The van der Waals surface area contributed by atoms with Crippen molar-refractivity contribution in [2.24, 2.45) is 17.6 Å². The van der Waals surface area contributed by atoms with E-state index in [0.29, 0.717) is 11.8 Å². The molecule has 0 bridgehead atoms. The fourth-order valence-electron chi connectivity index (χ4n) is 3.27. The standard InChI is InChI=1S/C14H26N4/c1-3-7-18-14(10-16-17-18)13-8-11(4-2)5-6-12(13)9-15/h10-13H,3-9,15H2,1-2H3. The lowest BCUT2D eigenvalue weighted by molar-refractivity contribution is 0.227. The average molecular weight is 250 g/mol. The first-order chi connectivity index (χ1) is 8.80. The molecule has 3 unspecified atom stereocenters. The third-order valence-electron chi connectivity index (χ3n) is 4.45. The molecule has 18 heavy (non-hydrogen) atoms. The molecule has 4 nitrogen and oxygen atoms in total. The van der Waals surface area contributed by atoms with Gasteiger partial charge in [0.1, 0.15) is 0 Å². The molecular weight excluding hydrogens is 224 g/mol. The van der Waals surface area contributed by atoms with Gasteiger partial charge in [0.15, 0.2) is 0 Å². The monoisotopic (exact) mass is 250 g/mol. The summed E-state index contributed by atoms with van der Waals surface area (Å²) in [5.74, 6) is 2.03. The second kappa shape index (κ2) is 6.32. The Kier molecular flexibility index (Phi) is 4.75. The molecule has 4 heteroatoms. The van der Waals surface area contributed by atoms with E-state index in [-0.39, 0.29) is 0 Å². The van der Waals surface area contributed by atoms with Gasteiger partial charge in [-0.15, -0.1) is 5.10 Å². The summed E-state index contributed by atoms with van der Waals surface area (Å²) in [4.78, 5) is 0. The molecule has 3 atom stereocenters. The molecule has 102 valence electrons. The van der Waals surface area contributed by atoms with Gasteiger partial charge in [-0.1, -0.05) is 31.9 Å². The van der Waals surface area contributed by atoms with Gasteiger partial charge < -0.3 is 5.73 Å². The molecule has 1 saturated carbocycles. The van der Waals surface area contributed by atoms with E-state index in [1.807, 2.05) is 6.20 Å². The number of nitrogens with zero attached hydrogens (tertiary/aromatic N) is 3. The topological polar surface area (TPSA) is 56.7 Å². The van der Waals surface area contributed by atoms with Gasteiger partial charge in [0.2, 0.25) is 0 Å². The first kappa shape index (κ1) is 13.5. The molecule has 0 radical (unpaired) electrons. The van der Waals surface area contributed by atoms with Crippen molar-refractivity contribution in [1.29, 1.82) is 0 Å². The van der Waals surface area contributed by atoms with Crippen LogP contribution in [0.25, 0.3) is 0 Å². The van der Waals surface area contributed by atoms with Gasteiger partial charge in [-0.3, -0.25) is 0 Å². The predicted octanol–water partition coefficient (Wildman–Crippen LogP) is 2.56. The SMILES string of the molecule is CCCn1nncc1C1CC(CC)CCC1CN. The zero-order valence-corrected chi connectivity index (χ0v) is 11.7. The molecule has 1 aliphatic carbocycles. The van der Waals surface area contributed by atoms with E-state index < -0.39 is 0 Å². The molecule has 1 fully saturated rings. The Labute approximate surface area is 110 Å². The van der Waals surface area contributed by atoms with Crippen LogP contribution < -0.4 is 5.73 Å². The number of nitrogens with two attached hydrogens (primary N) is 1. The zero-order chi connectivity index (χ0) is 13.0. The second-order valence-corrected chi connectivity index (χ2v) is 5.57. The van der Waals surface area contributed by atoms with E-state index in [9.17, 15) is 0 Å². The van der Waals surface area contributed by atoms with E-state index in [2.05, 4.69) is 28.8 Å². The van der Waals surface area contributed by atoms with Gasteiger partial charge in [-0.05, 0) is 37.6 Å². The lowest BCUT2D eigenvalue weighted by Gasteiger charge is -2.35. The third kappa shape index (κ3) is 2.74. The highest BCUT2D eigenvalue weighted by molar-refractivity contribution is 5.08. The summed E-state index contributed by atoms with van der Waals surface area (Å²) in [6.45, 7) is 6.24. The zero-order valence-electron chi connectivity index (χ0n) is 11.7. The number of hydrogen-bond donors (Lipinski definition) is 1. The van der Waals surface area contributed by atoms with Crippen molar-refractivity contribution >= 4 is 0 Å². The lowest BCUT2D eigenvalue weighted by atomic mass is 9.72. The van der Waals surface area contributed by atoms with Gasteiger partial charge in [0.05, 0.1) is 11.9 Å². The molecule has 0 spiro atoms. The van der Waals surface area contributed by atoms with Crippen molar-refractivity contribution < 1.29 is 0 Å². The normalized spacial score (nSPS) is 28.5. The van der Waals surface area contributed by atoms with Crippen LogP contribution in [0.2, 0.25) is 0 Å². The number of rotatable bonds is 5. The fourth-order valence-corrected chi connectivity index (χ4v) is 3.27. The lowest BCUT2D eigenvalue weighted by Crippen LogP contribution is -2.30. The molecule has 0 amide bonds. The number of aromatic nitrogens is 3. The Balaban J connectivity index is 2.18. The van der Waals surface area contributed by atoms with Crippen LogP contribution in [0.4, 0.5) is 0 Å². The predicted molar refractivity (Wildman–Crippen MR) is 73.2 cm³/mol. The minimum absolute atomic E-state index is 0.565. The van der Waals surface area contributed by atoms with E-state index in [1.165, 1.54) is 31.4 Å². The highest BCUT2D eigenvalue weighted by Crippen LogP contribution is 2.40. The molecular formula is C14H26N4. The maximum Gasteiger partial charge on any atom is 0.0728 e. The first-order valence-corrected chi connectivity index (χ1v) is 7.38. The summed E-state index contributed by atoms with van der Waals surface area (Å²) in [5, 5.41) is 8.33. The van der Waals surface area contributed by atoms with Gasteiger partial charge in [-0.2, -0.15) is 0 Å². The largest absolute Gasteiger partial charge is 0.330 e. The van der Waals surface area contributed by atoms with E-state index in [0.717, 1.165) is 25.4 Å². The summed E-state index contributed by atoms with van der Waals surface area (Å²) in [7, 11) is 0. The Morgan fingerprint density at radius 3 is 2.89 bits per heavy atom. The number of hydrogen-bond acceptors (Lipinski definition) is 3. The summed E-state index contributed by atoms with van der Waals surface area (Å²) in [6, 6.07) is 0. The van der Waals surface area contributed by atoms with Crippen molar-refractivity contribution in [3.05, 3.63) is 11.9 Å². The van der Waals surface area contributed by atoms with Gasteiger partial charge in [-0.25, -0.2) is 4.68 Å². The Hall–Kier alpha value is -0.900. The van der Waals surface area contributed by atoms with Crippen LogP contribution in [0.5, 0.6) is 0 Å². The highest BCUT2D eigenvalue weighted by Gasteiger charge is 2.32. The van der Waals surface area contributed by atoms with Crippen LogP contribution >= 0.6 is 0 Å². The minimum Gasteiger partial charge on any atom is -0.330 e. The fraction of sp³-hybridized carbons (Fsp3) is 0.857. The van der Waals surface area contributed by atoms with Crippen molar-refractivity contribution in [3.8, 4) is 0 Å². The summed E-state index contributed by atoms with van der Waals surface area (Å²) < 4.78 is 2.09. The van der Waals surface area contributed by atoms with Gasteiger partial charge in [0, 0.05) is 12.5 Å². The second-order valence-electron chi connectivity index (χ2n) is 5.57. The van der Waals surface area contributed by atoms with Crippen LogP contribution in [-0.2, 0) is 6.54 Å². The molecule has 2 rings (SSSR count). The van der Waals surface area contributed by atoms with Crippen LogP contribution in [-0.4, -0.2) is 21.5 Å². The van der Waals surface area contributed by atoms with Crippen molar-refractivity contribution in [1.82, 2.24) is 15.0 Å². The third-order valence-corrected chi connectivity index (χ3v) is 4.45. The van der Waals surface area contributed by atoms with Crippen LogP contribution in [0.1, 0.15) is 57.6 Å². The molecule has 0 aliphatic heterocycles. The van der Waals surface area contributed by atoms with E-state index >= 15 is 0 Å². The molecule has 0 saturated heterocycles. The van der Waals surface area contributed by atoms with Gasteiger partial charge >= 0.3 is 0 Å². The maximum absolute atomic E-state index is 5.96. The van der Waals surface area contributed by atoms with Crippen molar-refractivity contribution in [3.63, 3.8) is 0 Å². The van der Waals surface area contributed by atoms with Gasteiger partial charge in [0.25, 0.3) is 0 Å². The Morgan fingerprint density at radius 2 is 2.22 bits per heavy atom. The smallest absolute Gasteiger partial charge is 0.0728 e. The molecule has 1 aliphatic rings. The van der Waals surface area contributed by atoms with Crippen LogP contribution in [0, 0.1) is 11.8 Å². The quantitative estimate of drug-likeness (QED) is 0.873. The molecule has 0 aromatic carbocycles. The Bertz CT molecular complexity index is 360. The highest BCUT2D eigenvalue weighted by atomic mass is 15.4. The summed E-state index contributed by atoms with van der Waals surface area (Å²) in [6.07, 6.45) is 8.20. The average Bonchev–Trinajstić information content (AvgIpc) is 2.86. The summed E-state index contributed by atoms with van der Waals surface area (Å²) in [5.41, 5.74) is 7.27. The van der Waals surface area contributed by atoms with Crippen LogP contribution in [0.15, 0.2) is 6.20 Å². The first-order valence-electron chi connectivity index (χ1n) is 7.38. The van der Waals surface area contributed by atoms with Crippen LogP contribution in [0.3, 0.4) is 0 Å². The molecule has 2 N–H and O–H groups in total. The van der Waals surface area contributed by atoms with Crippen molar-refractivity contribution in [2.75, 3.05) is 6.54 Å². The van der Waals surface area contributed by atoms with Crippen molar-refractivity contribution in [2.45, 2.75) is 58.4 Å². The molecule has 1 aromatic rings.